The summed E-state index contributed by atoms with van der Waals surface area (Å²) in [5, 5.41) is 0. The van der Waals surface area contributed by atoms with Crippen LogP contribution < -0.4 is 0 Å². The summed E-state index contributed by atoms with van der Waals surface area (Å²) in [4.78, 5) is 0. The normalized spacial score (nSPS) is 57.3. The predicted octanol–water partition coefficient (Wildman–Crippen LogP) is 11.4. The molecule has 220 valence electrons. The second kappa shape index (κ2) is 10.1. The highest BCUT2D eigenvalue weighted by Gasteiger charge is 2.68. The minimum Gasteiger partial charge on any atom is -0.0625 e. The molecule has 0 radical (unpaired) electrons. The van der Waals surface area contributed by atoms with Crippen LogP contribution >= 0.6 is 0 Å². The lowest BCUT2D eigenvalue weighted by Crippen LogP contribution is -2.67. The fourth-order valence-corrected chi connectivity index (χ4v) is 14.6. The van der Waals surface area contributed by atoms with Crippen LogP contribution in [-0.4, -0.2) is 0 Å². The third kappa shape index (κ3) is 4.24. The number of hydrogen-bond donors (Lipinski definition) is 0. The maximum Gasteiger partial charge on any atom is -0.0215 e. The van der Waals surface area contributed by atoms with Crippen molar-refractivity contribution in [3.63, 3.8) is 0 Å². The lowest BCUT2D eigenvalue weighted by atomic mass is 9.31. The molecule has 38 heavy (non-hydrogen) atoms. The van der Waals surface area contributed by atoms with E-state index in [1.54, 1.807) is 12.8 Å². The van der Waals surface area contributed by atoms with Crippen LogP contribution in [0.2, 0.25) is 0 Å². The zero-order valence-electron chi connectivity index (χ0n) is 27.9. The van der Waals surface area contributed by atoms with Gasteiger partial charge in [0.15, 0.2) is 0 Å². The Labute approximate surface area is 239 Å². The Bertz CT molecular complexity index is 831. The van der Waals surface area contributed by atoms with Crippen LogP contribution in [-0.2, 0) is 0 Å². The summed E-state index contributed by atoms with van der Waals surface area (Å²) in [7, 11) is 0. The molecule has 0 heterocycles. The van der Waals surface area contributed by atoms with Crippen molar-refractivity contribution in [1.82, 2.24) is 0 Å². The summed E-state index contributed by atoms with van der Waals surface area (Å²) in [6.07, 6.45) is 13.7. The molecule has 0 aromatic rings. The van der Waals surface area contributed by atoms with E-state index in [0.717, 1.165) is 82.9 Å². The second-order valence-electron chi connectivity index (χ2n) is 18.2. The van der Waals surface area contributed by atoms with Gasteiger partial charge in [-0.3, -0.25) is 0 Å². The average Bonchev–Trinajstić information content (AvgIpc) is 2.81. The molecule has 5 fully saturated rings. The molecule has 13 unspecified atom stereocenters. The SMILES string of the molecule is CC(C)C1CCC(C2CCC(C)C3C(C)C4C(C)C5(C)C(C)C(C(C)C)C(C)CC5(C)CC4(C)CC23)CC1. The molecule has 0 aromatic heterocycles. The van der Waals surface area contributed by atoms with Gasteiger partial charge in [0.2, 0.25) is 0 Å². The van der Waals surface area contributed by atoms with Gasteiger partial charge in [-0.1, -0.05) is 89.5 Å². The third-order valence-electron chi connectivity index (χ3n) is 16.0. The zero-order chi connectivity index (χ0) is 27.9. The molecule has 0 spiro atoms. The van der Waals surface area contributed by atoms with Gasteiger partial charge in [-0.25, -0.2) is 0 Å². The molecule has 5 rings (SSSR count). The average molecular weight is 525 g/mol. The van der Waals surface area contributed by atoms with Gasteiger partial charge < -0.3 is 0 Å². The van der Waals surface area contributed by atoms with Crippen molar-refractivity contribution in [2.45, 2.75) is 141 Å². The summed E-state index contributed by atoms with van der Waals surface area (Å²) < 4.78 is 0. The Morgan fingerprint density at radius 2 is 1.26 bits per heavy atom. The van der Waals surface area contributed by atoms with Crippen molar-refractivity contribution >= 4 is 0 Å². The lowest BCUT2D eigenvalue weighted by molar-refractivity contribution is -0.249. The summed E-state index contributed by atoms with van der Waals surface area (Å²) in [6, 6.07) is 0. The molecule has 5 aliphatic rings. The first kappa shape index (κ1) is 29.5. The molecule has 0 aromatic carbocycles. The number of hydrogen-bond acceptors (Lipinski definition) is 0. The van der Waals surface area contributed by atoms with E-state index in [2.05, 4.69) is 83.1 Å². The molecule has 0 heteroatoms. The maximum absolute atomic E-state index is 2.82. The van der Waals surface area contributed by atoms with Gasteiger partial charge in [-0.2, -0.15) is 0 Å². The molecule has 0 aliphatic heterocycles. The topological polar surface area (TPSA) is 0 Å². The Morgan fingerprint density at radius 3 is 1.84 bits per heavy atom. The van der Waals surface area contributed by atoms with Gasteiger partial charge in [0, 0.05) is 0 Å². The van der Waals surface area contributed by atoms with E-state index >= 15 is 0 Å². The van der Waals surface area contributed by atoms with Crippen LogP contribution in [0.5, 0.6) is 0 Å². The quantitative estimate of drug-likeness (QED) is 0.344. The molecule has 5 aliphatic carbocycles. The summed E-state index contributed by atoms with van der Waals surface area (Å²) in [5.74, 6) is 12.9. The summed E-state index contributed by atoms with van der Waals surface area (Å²) in [6.45, 7) is 31.9. The molecule has 0 saturated heterocycles. The minimum atomic E-state index is 0.465. The van der Waals surface area contributed by atoms with Crippen molar-refractivity contribution in [3.05, 3.63) is 0 Å². The largest absolute Gasteiger partial charge is 0.0625 e. The van der Waals surface area contributed by atoms with E-state index < -0.39 is 0 Å². The van der Waals surface area contributed by atoms with E-state index in [4.69, 9.17) is 0 Å². The molecular formula is C38H68. The van der Waals surface area contributed by atoms with Gasteiger partial charge in [0.25, 0.3) is 0 Å². The van der Waals surface area contributed by atoms with Crippen LogP contribution in [0.25, 0.3) is 0 Å². The number of fused-ring (bicyclic) bond motifs is 3. The van der Waals surface area contributed by atoms with Crippen LogP contribution in [0.15, 0.2) is 0 Å². The summed E-state index contributed by atoms with van der Waals surface area (Å²) in [5.41, 5.74) is 1.48. The molecule has 0 nitrogen and oxygen atoms in total. The second-order valence-corrected chi connectivity index (χ2v) is 18.2. The third-order valence-corrected chi connectivity index (χ3v) is 16.0. The monoisotopic (exact) mass is 525 g/mol. The standard InChI is InChI=1S/C38H68/c1-22(2)29-14-16-30(17-15-29)31-18-13-24(5)34-26(7)35-28(9)38(12)27(8)33(23(3)4)25(6)19-37(38,11)21-36(35,10)20-32(31)34/h22-35H,13-21H2,1-12H3. The zero-order valence-corrected chi connectivity index (χ0v) is 27.9. The molecule has 0 N–H and O–H groups in total. The maximum atomic E-state index is 2.82. The first-order valence-electron chi connectivity index (χ1n) is 17.7. The van der Waals surface area contributed by atoms with Gasteiger partial charge in [-0.15, -0.1) is 0 Å². The molecule has 0 amide bonds. The molecule has 5 saturated carbocycles. The van der Waals surface area contributed by atoms with E-state index in [1.165, 1.54) is 44.9 Å². The fourth-order valence-electron chi connectivity index (χ4n) is 14.6. The van der Waals surface area contributed by atoms with Gasteiger partial charge in [0.05, 0.1) is 0 Å². The molecular weight excluding hydrogens is 456 g/mol. The van der Waals surface area contributed by atoms with Crippen molar-refractivity contribution in [1.29, 1.82) is 0 Å². The lowest BCUT2D eigenvalue weighted by Gasteiger charge is -2.73. The van der Waals surface area contributed by atoms with Crippen molar-refractivity contribution in [3.8, 4) is 0 Å². The van der Waals surface area contributed by atoms with Crippen molar-refractivity contribution in [2.24, 2.45) is 99.1 Å². The van der Waals surface area contributed by atoms with E-state index in [1.807, 2.05) is 0 Å². The van der Waals surface area contributed by atoms with Crippen LogP contribution in [0.3, 0.4) is 0 Å². The highest BCUT2D eigenvalue weighted by Crippen LogP contribution is 2.75. The Kier molecular flexibility index (Phi) is 7.82. The van der Waals surface area contributed by atoms with Crippen molar-refractivity contribution in [2.75, 3.05) is 0 Å². The molecule has 0 bridgehead atoms. The number of rotatable bonds is 3. The fraction of sp³-hybridized carbons (Fsp3) is 1.00. The smallest absolute Gasteiger partial charge is 0.0215 e. The highest BCUT2D eigenvalue weighted by molar-refractivity contribution is 5.17. The van der Waals surface area contributed by atoms with Crippen molar-refractivity contribution < 1.29 is 0 Å². The van der Waals surface area contributed by atoms with E-state index in [-0.39, 0.29) is 0 Å². The minimum absolute atomic E-state index is 0.465. The van der Waals surface area contributed by atoms with E-state index in [9.17, 15) is 0 Å². The molecule has 13 atom stereocenters. The van der Waals surface area contributed by atoms with E-state index in [0.29, 0.717) is 16.2 Å². The van der Waals surface area contributed by atoms with Crippen LogP contribution in [0, 0.1) is 99.1 Å². The van der Waals surface area contributed by atoms with Gasteiger partial charge in [0.1, 0.15) is 0 Å². The Hall–Kier alpha value is 0. The van der Waals surface area contributed by atoms with Crippen LogP contribution in [0.1, 0.15) is 141 Å². The Morgan fingerprint density at radius 1 is 0.632 bits per heavy atom. The van der Waals surface area contributed by atoms with Gasteiger partial charge >= 0.3 is 0 Å². The van der Waals surface area contributed by atoms with Crippen LogP contribution in [0.4, 0.5) is 0 Å². The predicted molar refractivity (Wildman–Crippen MR) is 166 cm³/mol. The highest BCUT2D eigenvalue weighted by atomic mass is 14.7. The summed E-state index contributed by atoms with van der Waals surface area (Å²) >= 11 is 0. The first-order valence-corrected chi connectivity index (χ1v) is 17.7. The Balaban J connectivity index is 1.47. The van der Waals surface area contributed by atoms with Gasteiger partial charge in [-0.05, 0) is 150 Å². The first-order chi connectivity index (χ1) is 17.7.